The van der Waals surface area contributed by atoms with Gasteiger partial charge >= 0.3 is 5.97 Å². The Morgan fingerprint density at radius 1 is 1.12 bits per heavy atom. The van der Waals surface area contributed by atoms with Crippen LogP contribution in [0.2, 0.25) is 0 Å². The first-order valence-corrected chi connectivity index (χ1v) is 11.3. The lowest BCUT2D eigenvalue weighted by atomic mass is 10.0. The monoisotopic (exact) mass is 454 g/mol. The van der Waals surface area contributed by atoms with E-state index in [0.717, 1.165) is 35.4 Å². The molecule has 3 aromatic rings. The van der Waals surface area contributed by atoms with Gasteiger partial charge in [-0.1, -0.05) is 0 Å². The number of carbonyl (C=O) groups is 1. The summed E-state index contributed by atoms with van der Waals surface area (Å²) in [6.07, 6.45) is 1.72. The second-order valence-corrected chi connectivity index (χ2v) is 8.72. The van der Waals surface area contributed by atoms with Crippen LogP contribution in [0, 0.1) is 12.7 Å². The standard InChI is InChI=1S/C26H31FN2O4/c1-16(2)33-26(30)23-13-20-12-19(22-7-6-21(31-5)14-24(22)27)15-29(20)25(17(23)3)18(4)28-8-10-32-11-9-28/h6-7,12-16,18H,8-11H2,1-5H3. The van der Waals surface area contributed by atoms with Crippen LogP contribution in [-0.4, -0.2) is 54.8 Å². The number of hydrogen-bond donors (Lipinski definition) is 0. The van der Waals surface area contributed by atoms with Crippen LogP contribution >= 0.6 is 0 Å². The summed E-state index contributed by atoms with van der Waals surface area (Å²) in [6.45, 7) is 10.7. The van der Waals surface area contributed by atoms with Crippen molar-refractivity contribution in [3.63, 3.8) is 0 Å². The molecule has 6 nitrogen and oxygen atoms in total. The fourth-order valence-electron chi connectivity index (χ4n) is 4.52. The third-order valence-electron chi connectivity index (χ3n) is 6.23. The van der Waals surface area contributed by atoms with Gasteiger partial charge in [-0.05, 0) is 57.5 Å². The summed E-state index contributed by atoms with van der Waals surface area (Å²) in [5.41, 5.74) is 4.42. The second-order valence-electron chi connectivity index (χ2n) is 8.72. The van der Waals surface area contributed by atoms with Gasteiger partial charge in [-0.2, -0.15) is 0 Å². The van der Waals surface area contributed by atoms with E-state index < -0.39 is 0 Å². The van der Waals surface area contributed by atoms with Crippen LogP contribution in [0.3, 0.4) is 0 Å². The summed E-state index contributed by atoms with van der Waals surface area (Å²) in [6, 6.07) is 8.62. The number of pyridine rings is 1. The number of halogens is 1. The number of morpholine rings is 1. The van der Waals surface area contributed by atoms with Gasteiger partial charge < -0.3 is 18.6 Å². The van der Waals surface area contributed by atoms with E-state index in [-0.39, 0.29) is 23.9 Å². The van der Waals surface area contributed by atoms with E-state index in [4.69, 9.17) is 14.2 Å². The second kappa shape index (κ2) is 9.53. The number of hydrogen-bond acceptors (Lipinski definition) is 5. The quantitative estimate of drug-likeness (QED) is 0.490. The van der Waals surface area contributed by atoms with E-state index in [9.17, 15) is 9.18 Å². The molecule has 1 unspecified atom stereocenters. The highest BCUT2D eigenvalue weighted by Gasteiger charge is 2.26. The molecule has 0 N–H and O–H groups in total. The number of carbonyl (C=O) groups excluding carboxylic acids is 1. The van der Waals surface area contributed by atoms with Crippen LogP contribution in [0.4, 0.5) is 4.39 Å². The molecule has 0 spiro atoms. The largest absolute Gasteiger partial charge is 0.497 e. The summed E-state index contributed by atoms with van der Waals surface area (Å²) in [7, 11) is 1.51. The van der Waals surface area contributed by atoms with Gasteiger partial charge in [-0.15, -0.1) is 0 Å². The zero-order valence-electron chi connectivity index (χ0n) is 19.9. The Morgan fingerprint density at radius 2 is 1.85 bits per heavy atom. The Hall–Kier alpha value is -2.90. The average molecular weight is 455 g/mol. The molecule has 3 heterocycles. The lowest BCUT2D eigenvalue weighted by Crippen LogP contribution is -2.39. The molecule has 2 aromatic heterocycles. The van der Waals surface area contributed by atoms with E-state index in [1.165, 1.54) is 13.2 Å². The minimum absolute atomic E-state index is 0.0316. The average Bonchev–Trinajstić information content (AvgIpc) is 3.21. The fourth-order valence-corrected chi connectivity index (χ4v) is 4.52. The van der Waals surface area contributed by atoms with Crippen molar-refractivity contribution in [3.8, 4) is 16.9 Å². The van der Waals surface area contributed by atoms with Gasteiger partial charge in [0, 0.05) is 53.7 Å². The molecule has 0 bridgehead atoms. The molecule has 33 heavy (non-hydrogen) atoms. The van der Waals surface area contributed by atoms with E-state index in [2.05, 4.69) is 16.2 Å². The number of esters is 1. The smallest absolute Gasteiger partial charge is 0.338 e. The lowest BCUT2D eigenvalue weighted by Gasteiger charge is -2.34. The Bertz CT molecular complexity index is 1160. The molecule has 4 rings (SSSR count). The molecule has 0 radical (unpaired) electrons. The van der Waals surface area contributed by atoms with Crippen LogP contribution in [0.25, 0.3) is 16.6 Å². The van der Waals surface area contributed by atoms with Crippen molar-refractivity contribution in [3.05, 3.63) is 59.2 Å². The Balaban J connectivity index is 1.88. The van der Waals surface area contributed by atoms with Crippen molar-refractivity contribution in [1.82, 2.24) is 9.30 Å². The molecular weight excluding hydrogens is 423 g/mol. The Labute approximate surface area is 193 Å². The van der Waals surface area contributed by atoms with Crippen molar-refractivity contribution >= 4 is 11.5 Å². The normalized spacial score (nSPS) is 15.7. The molecule has 176 valence electrons. The highest BCUT2D eigenvalue weighted by Crippen LogP contribution is 2.34. The van der Waals surface area contributed by atoms with Gasteiger partial charge in [0.15, 0.2) is 0 Å². The van der Waals surface area contributed by atoms with Crippen molar-refractivity contribution < 1.29 is 23.4 Å². The van der Waals surface area contributed by atoms with Crippen LogP contribution in [0.1, 0.15) is 48.4 Å². The van der Waals surface area contributed by atoms with Crippen molar-refractivity contribution in [2.24, 2.45) is 0 Å². The number of nitrogens with zero attached hydrogens (tertiary/aromatic N) is 2. The molecule has 1 atom stereocenters. The number of fused-ring (bicyclic) bond motifs is 1. The predicted molar refractivity (Wildman–Crippen MR) is 125 cm³/mol. The molecule has 1 saturated heterocycles. The number of benzene rings is 1. The predicted octanol–water partition coefficient (Wildman–Crippen LogP) is 5.02. The summed E-state index contributed by atoms with van der Waals surface area (Å²) in [5, 5.41) is 0. The third kappa shape index (κ3) is 4.61. The summed E-state index contributed by atoms with van der Waals surface area (Å²) >= 11 is 0. The van der Waals surface area contributed by atoms with Gasteiger partial charge in [0.2, 0.25) is 0 Å². The maximum atomic E-state index is 14.8. The first-order chi connectivity index (χ1) is 15.8. The maximum absolute atomic E-state index is 14.8. The van der Waals surface area contributed by atoms with Crippen LogP contribution in [0.15, 0.2) is 36.5 Å². The topological polar surface area (TPSA) is 52.4 Å². The molecule has 1 aliphatic heterocycles. The van der Waals surface area contributed by atoms with Crippen molar-refractivity contribution in [2.45, 2.75) is 39.8 Å². The van der Waals surface area contributed by atoms with Gasteiger partial charge in [-0.25, -0.2) is 9.18 Å². The molecule has 1 fully saturated rings. The third-order valence-corrected chi connectivity index (χ3v) is 6.23. The number of aromatic nitrogens is 1. The minimum Gasteiger partial charge on any atom is -0.497 e. The van der Waals surface area contributed by atoms with Gasteiger partial charge in [0.25, 0.3) is 0 Å². The number of ether oxygens (including phenoxy) is 3. The van der Waals surface area contributed by atoms with Crippen molar-refractivity contribution in [1.29, 1.82) is 0 Å². The molecule has 0 saturated carbocycles. The summed E-state index contributed by atoms with van der Waals surface area (Å²) < 4.78 is 33.1. The van der Waals surface area contributed by atoms with Crippen LogP contribution < -0.4 is 4.74 Å². The van der Waals surface area contributed by atoms with Crippen LogP contribution in [-0.2, 0) is 9.47 Å². The number of rotatable bonds is 6. The van der Waals surface area contributed by atoms with E-state index in [1.54, 1.807) is 12.1 Å². The Morgan fingerprint density at radius 3 is 2.48 bits per heavy atom. The maximum Gasteiger partial charge on any atom is 0.338 e. The zero-order valence-corrected chi connectivity index (χ0v) is 19.9. The van der Waals surface area contributed by atoms with E-state index in [0.29, 0.717) is 30.1 Å². The SMILES string of the molecule is COc1ccc(-c2cc3cc(C(=O)OC(C)C)c(C)c(C(C)N4CCOCC4)n3c2)c(F)c1. The highest BCUT2D eigenvalue weighted by atomic mass is 19.1. The summed E-state index contributed by atoms with van der Waals surface area (Å²) in [4.78, 5) is 15.3. The fraction of sp³-hybridized carbons (Fsp3) is 0.423. The zero-order chi connectivity index (χ0) is 23.7. The molecule has 0 amide bonds. The summed E-state index contributed by atoms with van der Waals surface area (Å²) in [5.74, 6) is -0.237. The van der Waals surface area contributed by atoms with Crippen LogP contribution in [0.5, 0.6) is 5.75 Å². The highest BCUT2D eigenvalue weighted by molar-refractivity contribution is 5.93. The first-order valence-electron chi connectivity index (χ1n) is 11.3. The van der Waals surface area contributed by atoms with Gasteiger partial charge in [0.05, 0.1) is 32.0 Å². The molecule has 1 aliphatic rings. The molecular formula is C26H31FN2O4. The molecule has 7 heteroatoms. The number of methoxy groups -OCH3 is 1. The molecule has 1 aromatic carbocycles. The van der Waals surface area contributed by atoms with E-state index >= 15 is 0 Å². The van der Waals surface area contributed by atoms with Gasteiger partial charge in [0.1, 0.15) is 11.6 Å². The Kier molecular flexibility index (Phi) is 6.72. The first kappa shape index (κ1) is 23.3. The van der Waals surface area contributed by atoms with Gasteiger partial charge in [-0.3, -0.25) is 4.90 Å². The minimum atomic E-state index is -0.357. The lowest BCUT2D eigenvalue weighted by molar-refractivity contribution is 0.0186. The van der Waals surface area contributed by atoms with Crippen molar-refractivity contribution in [2.75, 3.05) is 33.4 Å². The van der Waals surface area contributed by atoms with E-state index in [1.807, 2.05) is 39.1 Å². The molecule has 0 aliphatic carbocycles.